The average molecular weight is 300 g/mol. The van der Waals surface area contributed by atoms with E-state index in [1.54, 1.807) is 0 Å². The van der Waals surface area contributed by atoms with Gasteiger partial charge in [-0.2, -0.15) is 0 Å². The molecule has 0 spiro atoms. The fraction of sp³-hybridized carbons (Fsp3) is 0.400. The quantitative estimate of drug-likeness (QED) is 0.495. The van der Waals surface area contributed by atoms with E-state index in [1.165, 1.54) is 35.1 Å². The van der Waals surface area contributed by atoms with E-state index in [0.29, 0.717) is 11.8 Å². The van der Waals surface area contributed by atoms with Crippen LogP contribution in [0.3, 0.4) is 0 Å². The lowest BCUT2D eigenvalue weighted by molar-refractivity contribution is -0.176. The summed E-state index contributed by atoms with van der Waals surface area (Å²) in [6, 6.07) is 18.1. The van der Waals surface area contributed by atoms with Crippen molar-refractivity contribution in [1.29, 1.82) is 0 Å². The summed E-state index contributed by atoms with van der Waals surface area (Å²) in [4.78, 5) is 0. The fourth-order valence-corrected chi connectivity index (χ4v) is 2.48. The van der Waals surface area contributed by atoms with Crippen molar-refractivity contribution in [3.63, 3.8) is 0 Å². The first-order valence-electron chi connectivity index (χ1n) is 8.06. The molecule has 0 bridgehead atoms. The van der Waals surface area contributed by atoms with Crippen LogP contribution in [0.1, 0.15) is 63.5 Å². The summed E-state index contributed by atoms with van der Waals surface area (Å²) in [5.74, 6) is 1.30. The Morgan fingerprint density at radius 2 is 0.909 bits per heavy atom. The standard InChI is InChI=1S/C20H26.H2O2/c1-5-15(3)17-7-11-19(12-8-17)20-13-9-18(10-14-20)16(4)6-2;1-2/h7-16H,5-6H2,1-4H3;1-2H. The minimum absolute atomic E-state index is 0.650. The van der Waals surface area contributed by atoms with E-state index in [4.69, 9.17) is 10.5 Å². The first-order chi connectivity index (χ1) is 10.7. The van der Waals surface area contributed by atoms with Gasteiger partial charge in [0.15, 0.2) is 0 Å². The SMILES string of the molecule is CCC(C)c1ccc(-c2ccc(C(C)CC)cc2)cc1.OO. The molecular formula is C20H28O2. The number of rotatable bonds is 5. The van der Waals surface area contributed by atoms with Crippen molar-refractivity contribution >= 4 is 0 Å². The Morgan fingerprint density at radius 3 is 1.14 bits per heavy atom. The van der Waals surface area contributed by atoms with Crippen LogP contribution in [0.25, 0.3) is 11.1 Å². The van der Waals surface area contributed by atoms with Gasteiger partial charge in [-0.25, -0.2) is 0 Å². The van der Waals surface area contributed by atoms with Gasteiger partial charge in [0.2, 0.25) is 0 Å². The summed E-state index contributed by atoms with van der Waals surface area (Å²) < 4.78 is 0. The summed E-state index contributed by atoms with van der Waals surface area (Å²) in [5.41, 5.74) is 5.50. The lowest BCUT2D eigenvalue weighted by Gasteiger charge is -2.11. The maximum atomic E-state index is 6.00. The highest BCUT2D eigenvalue weighted by Crippen LogP contribution is 2.26. The number of hydrogen-bond donors (Lipinski definition) is 2. The van der Waals surface area contributed by atoms with E-state index in [-0.39, 0.29) is 0 Å². The molecule has 0 aliphatic rings. The van der Waals surface area contributed by atoms with Crippen molar-refractivity contribution < 1.29 is 10.5 Å². The summed E-state index contributed by atoms with van der Waals surface area (Å²) in [6.45, 7) is 9.06. The second kappa shape index (κ2) is 9.39. The summed E-state index contributed by atoms with van der Waals surface area (Å²) in [6.07, 6.45) is 2.39. The van der Waals surface area contributed by atoms with Crippen molar-refractivity contribution in [3.05, 3.63) is 59.7 Å². The predicted molar refractivity (Wildman–Crippen MR) is 94.5 cm³/mol. The minimum Gasteiger partial charge on any atom is -0.255 e. The van der Waals surface area contributed by atoms with Gasteiger partial charge in [-0.05, 0) is 46.9 Å². The van der Waals surface area contributed by atoms with Crippen molar-refractivity contribution in [2.24, 2.45) is 0 Å². The van der Waals surface area contributed by atoms with E-state index in [2.05, 4.69) is 76.2 Å². The predicted octanol–water partition coefficient (Wildman–Crippen LogP) is 6.40. The maximum absolute atomic E-state index is 6.00. The molecule has 0 heterocycles. The molecular weight excluding hydrogens is 272 g/mol. The zero-order valence-electron chi connectivity index (χ0n) is 14.1. The molecule has 0 amide bonds. The molecule has 120 valence electrons. The Hall–Kier alpha value is -1.64. The van der Waals surface area contributed by atoms with Crippen molar-refractivity contribution in [1.82, 2.24) is 0 Å². The van der Waals surface area contributed by atoms with Crippen LogP contribution >= 0.6 is 0 Å². The second-order valence-electron chi connectivity index (χ2n) is 5.86. The topological polar surface area (TPSA) is 40.5 Å². The minimum atomic E-state index is 0.650. The first kappa shape index (κ1) is 18.4. The molecule has 2 aromatic carbocycles. The highest BCUT2D eigenvalue weighted by Gasteiger charge is 2.05. The van der Waals surface area contributed by atoms with Crippen LogP contribution in [0.4, 0.5) is 0 Å². The summed E-state index contributed by atoms with van der Waals surface area (Å²) in [5, 5.41) is 12.0. The monoisotopic (exact) mass is 300 g/mol. The third-order valence-corrected chi connectivity index (χ3v) is 4.52. The van der Waals surface area contributed by atoms with E-state index < -0.39 is 0 Å². The Bertz CT molecular complexity index is 477. The molecule has 2 aromatic rings. The van der Waals surface area contributed by atoms with E-state index in [1.807, 2.05) is 0 Å². The molecule has 2 atom stereocenters. The zero-order valence-corrected chi connectivity index (χ0v) is 14.1. The van der Waals surface area contributed by atoms with Crippen LogP contribution < -0.4 is 0 Å². The molecule has 0 aliphatic carbocycles. The Morgan fingerprint density at radius 1 is 0.636 bits per heavy atom. The van der Waals surface area contributed by atoms with Gasteiger partial charge in [0, 0.05) is 0 Å². The average Bonchev–Trinajstić information content (AvgIpc) is 2.62. The Kier molecular flexibility index (Phi) is 7.86. The Balaban J connectivity index is 0.00000116. The summed E-state index contributed by atoms with van der Waals surface area (Å²) in [7, 11) is 0. The molecule has 2 heteroatoms. The van der Waals surface area contributed by atoms with Crippen LogP contribution in [0.5, 0.6) is 0 Å². The normalized spacial score (nSPS) is 13.0. The van der Waals surface area contributed by atoms with Gasteiger partial charge < -0.3 is 0 Å². The molecule has 0 fully saturated rings. The van der Waals surface area contributed by atoms with Crippen molar-refractivity contribution in [2.45, 2.75) is 52.4 Å². The number of benzene rings is 2. The molecule has 0 saturated heterocycles. The van der Waals surface area contributed by atoms with Crippen molar-refractivity contribution in [3.8, 4) is 11.1 Å². The van der Waals surface area contributed by atoms with E-state index >= 15 is 0 Å². The van der Waals surface area contributed by atoms with Crippen LogP contribution in [-0.2, 0) is 0 Å². The van der Waals surface area contributed by atoms with Crippen molar-refractivity contribution in [2.75, 3.05) is 0 Å². The van der Waals surface area contributed by atoms with Crippen LogP contribution in [-0.4, -0.2) is 10.5 Å². The number of hydrogen-bond acceptors (Lipinski definition) is 2. The van der Waals surface area contributed by atoms with Gasteiger partial charge >= 0.3 is 0 Å². The van der Waals surface area contributed by atoms with Crippen LogP contribution in [0, 0.1) is 0 Å². The maximum Gasteiger partial charge on any atom is -0.0184 e. The molecule has 0 radical (unpaired) electrons. The molecule has 0 saturated carbocycles. The highest BCUT2D eigenvalue weighted by molar-refractivity contribution is 5.64. The summed E-state index contributed by atoms with van der Waals surface area (Å²) >= 11 is 0. The lowest BCUT2D eigenvalue weighted by atomic mass is 9.94. The van der Waals surface area contributed by atoms with Gasteiger partial charge in [0.05, 0.1) is 0 Å². The molecule has 22 heavy (non-hydrogen) atoms. The molecule has 2 nitrogen and oxygen atoms in total. The zero-order chi connectivity index (χ0) is 16.5. The third kappa shape index (κ3) is 4.69. The Labute approximate surface area is 134 Å². The second-order valence-corrected chi connectivity index (χ2v) is 5.86. The van der Waals surface area contributed by atoms with Gasteiger partial charge in [-0.1, -0.05) is 76.2 Å². The molecule has 2 unspecified atom stereocenters. The molecule has 2 rings (SSSR count). The molecule has 2 N–H and O–H groups in total. The van der Waals surface area contributed by atoms with Gasteiger partial charge in [0.1, 0.15) is 0 Å². The van der Waals surface area contributed by atoms with Gasteiger partial charge in [-0.15, -0.1) is 0 Å². The smallest absolute Gasteiger partial charge is 0.0184 e. The molecule has 0 aliphatic heterocycles. The first-order valence-corrected chi connectivity index (χ1v) is 8.06. The van der Waals surface area contributed by atoms with E-state index in [9.17, 15) is 0 Å². The lowest BCUT2D eigenvalue weighted by Crippen LogP contribution is -1.92. The third-order valence-electron chi connectivity index (χ3n) is 4.52. The largest absolute Gasteiger partial charge is 0.255 e. The van der Waals surface area contributed by atoms with Crippen LogP contribution in [0.2, 0.25) is 0 Å². The van der Waals surface area contributed by atoms with E-state index in [0.717, 1.165) is 0 Å². The molecule has 0 aromatic heterocycles. The van der Waals surface area contributed by atoms with Gasteiger partial charge in [0.25, 0.3) is 0 Å². The fourth-order valence-electron chi connectivity index (χ4n) is 2.48. The van der Waals surface area contributed by atoms with Gasteiger partial charge in [-0.3, -0.25) is 10.5 Å². The van der Waals surface area contributed by atoms with Crippen LogP contribution in [0.15, 0.2) is 48.5 Å². The highest BCUT2D eigenvalue weighted by atomic mass is 17.0.